The molecule has 0 aromatic carbocycles. The lowest BCUT2D eigenvalue weighted by Gasteiger charge is -2.32. The van der Waals surface area contributed by atoms with Gasteiger partial charge in [0.15, 0.2) is 5.78 Å². The second kappa shape index (κ2) is 3.06. The Bertz CT molecular complexity index is 319. The zero-order valence-corrected chi connectivity index (χ0v) is 8.83. The Kier molecular flexibility index (Phi) is 2.49. The number of carboxylic acids is 1. The Morgan fingerprint density at radius 1 is 1.40 bits per heavy atom. The minimum atomic E-state index is -0.934. The van der Waals surface area contributed by atoms with Gasteiger partial charge in [-0.1, -0.05) is 28.2 Å². The minimum absolute atomic E-state index is 0. The number of fused-ring (bicyclic) bond motifs is 2. The summed E-state index contributed by atoms with van der Waals surface area (Å²) < 4.78 is 0. The fourth-order valence-electron chi connectivity index (χ4n) is 3.37. The first-order valence-electron chi connectivity index (χ1n) is 5.09. The van der Waals surface area contributed by atoms with E-state index < -0.39 is 17.3 Å². The molecule has 0 aromatic heterocycles. The maximum absolute atomic E-state index is 12.0. The molecule has 86 valence electrons. The van der Waals surface area contributed by atoms with Crippen LogP contribution >= 0.6 is 0 Å². The molecule has 2 rings (SSSR count). The number of hydrogen-bond acceptors (Lipinski definition) is 2. The number of rotatable bonds is 1. The second-order valence-corrected chi connectivity index (χ2v) is 5.38. The predicted molar refractivity (Wildman–Crippen MR) is 57.5 cm³/mol. The van der Waals surface area contributed by atoms with E-state index in [4.69, 9.17) is 5.11 Å². The number of carboxylic acid groups (broad SMARTS) is 1. The molecule has 2 saturated carbocycles. The molecule has 2 fully saturated rings. The first-order chi connectivity index (χ1) is 6.32. The fourth-order valence-corrected chi connectivity index (χ4v) is 3.37. The monoisotopic (exact) mass is 212 g/mol. The number of ketones is 1. The maximum atomic E-state index is 12.0. The molecule has 1 N–H and O–H groups in total. The van der Waals surface area contributed by atoms with E-state index in [1.54, 1.807) is 0 Å². The molecular formula is C12H20O3. The van der Waals surface area contributed by atoms with Gasteiger partial charge in [0.05, 0.1) is 0 Å². The third-order valence-corrected chi connectivity index (χ3v) is 4.80. The van der Waals surface area contributed by atoms with E-state index in [-0.39, 0.29) is 24.5 Å². The van der Waals surface area contributed by atoms with Crippen LogP contribution in [-0.4, -0.2) is 16.9 Å². The quantitative estimate of drug-likeness (QED) is 0.679. The zero-order valence-electron chi connectivity index (χ0n) is 8.83. The summed E-state index contributed by atoms with van der Waals surface area (Å²) in [6.45, 7) is 6.00. The van der Waals surface area contributed by atoms with Crippen LogP contribution in [0.2, 0.25) is 0 Å². The molecule has 3 nitrogen and oxygen atoms in total. The summed E-state index contributed by atoms with van der Waals surface area (Å²) in [7, 11) is 0. The number of carbonyl (C=O) groups is 2. The molecule has 0 aliphatic heterocycles. The van der Waals surface area contributed by atoms with Crippen molar-refractivity contribution in [1.29, 1.82) is 0 Å². The summed E-state index contributed by atoms with van der Waals surface area (Å²) in [4.78, 5) is 23.0. The molecule has 3 heteroatoms. The lowest BCUT2D eigenvalue weighted by molar-refractivity contribution is -0.149. The topological polar surface area (TPSA) is 54.4 Å². The standard InChI is InChI=1S/C11H16O3.CH4/c1-10(2)6-4-5-11(10,3)8(12)7(6)9(13)14;/h6-7H,4-5H2,1-3H3,(H,13,14);1H4/t6-,7?,11+;/m0./s1. The smallest absolute Gasteiger partial charge is 0.314 e. The van der Waals surface area contributed by atoms with Gasteiger partial charge in [-0.3, -0.25) is 9.59 Å². The van der Waals surface area contributed by atoms with Crippen LogP contribution < -0.4 is 0 Å². The molecule has 2 bridgehead atoms. The van der Waals surface area contributed by atoms with Crippen LogP contribution in [0.15, 0.2) is 0 Å². The van der Waals surface area contributed by atoms with Crippen LogP contribution in [0, 0.1) is 22.7 Å². The van der Waals surface area contributed by atoms with Gasteiger partial charge in [0.25, 0.3) is 0 Å². The average molecular weight is 212 g/mol. The van der Waals surface area contributed by atoms with Crippen LogP contribution in [0.25, 0.3) is 0 Å². The third-order valence-electron chi connectivity index (χ3n) is 4.80. The van der Waals surface area contributed by atoms with Crippen molar-refractivity contribution in [3.63, 3.8) is 0 Å². The van der Waals surface area contributed by atoms with Crippen molar-refractivity contribution in [2.75, 3.05) is 0 Å². The highest BCUT2D eigenvalue weighted by Crippen LogP contribution is 2.65. The van der Waals surface area contributed by atoms with Gasteiger partial charge in [-0.05, 0) is 24.2 Å². The highest BCUT2D eigenvalue weighted by atomic mass is 16.4. The minimum Gasteiger partial charge on any atom is -0.481 e. The van der Waals surface area contributed by atoms with E-state index in [1.165, 1.54) is 0 Å². The van der Waals surface area contributed by atoms with Crippen molar-refractivity contribution < 1.29 is 14.7 Å². The number of Topliss-reactive ketones (excluding diaryl/α,β-unsaturated/α-hetero) is 1. The molecule has 0 saturated heterocycles. The second-order valence-electron chi connectivity index (χ2n) is 5.38. The summed E-state index contributed by atoms with van der Waals surface area (Å²) >= 11 is 0. The molecule has 0 heterocycles. The molecule has 15 heavy (non-hydrogen) atoms. The van der Waals surface area contributed by atoms with E-state index in [9.17, 15) is 9.59 Å². The lowest BCUT2D eigenvalue weighted by atomic mass is 9.70. The molecule has 0 amide bonds. The molecule has 0 aromatic rings. The van der Waals surface area contributed by atoms with Gasteiger partial charge in [-0.2, -0.15) is 0 Å². The van der Waals surface area contributed by atoms with Gasteiger partial charge >= 0.3 is 5.97 Å². The molecule has 1 unspecified atom stereocenters. The SMILES string of the molecule is C.CC1(C)[C@H]2CC[C@]1(C)C(=O)C2C(=O)O. The summed E-state index contributed by atoms with van der Waals surface area (Å²) in [6, 6.07) is 0. The zero-order chi connectivity index (χ0) is 10.7. The highest BCUT2D eigenvalue weighted by molar-refractivity contribution is 6.04. The fraction of sp³-hybridized carbons (Fsp3) is 0.833. The van der Waals surface area contributed by atoms with Gasteiger partial charge in [0.2, 0.25) is 0 Å². The lowest BCUT2D eigenvalue weighted by Crippen LogP contribution is -2.35. The van der Waals surface area contributed by atoms with E-state index in [2.05, 4.69) is 0 Å². The Morgan fingerprint density at radius 3 is 2.20 bits per heavy atom. The van der Waals surface area contributed by atoms with Crippen LogP contribution in [-0.2, 0) is 9.59 Å². The summed E-state index contributed by atoms with van der Waals surface area (Å²) in [5.41, 5.74) is -0.548. The van der Waals surface area contributed by atoms with Gasteiger partial charge in [-0.15, -0.1) is 0 Å². The van der Waals surface area contributed by atoms with Crippen molar-refractivity contribution in [2.45, 2.75) is 41.0 Å². The molecular weight excluding hydrogens is 192 g/mol. The van der Waals surface area contributed by atoms with E-state index >= 15 is 0 Å². The highest BCUT2D eigenvalue weighted by Gasteiger charge is 2.68. The first kappa shape index (κ1) is 12.2. The van der Waals surface area contributed by atoms with Gasteiger partial charge < -0.3 is 5.11 Å². The average Bonchev–Trinajstić information content (AvgIpc) is 2.35. The largest absolute Gasteiger partial charge is 0.481 e. The molecule has 3 atom stereocenters. The number of hydrogen-bond donors (Lipinski definition) is 1. The number of aliphatic carboxylic acids is 1. The van der Waals surface area contributed by atoms with Crippen molar-refractivity contribution in [3.8, 4) is 0 Å². The summed E-state index contributed by atoms with van der Waals surface area (Å²) in [5, 5.41) is 9.03. The normalized spacial score (nSPS) is 41.4. The Labute approximate surface area is 90.9 Å². The van der Waals surface area contributed by atoms with Crippen molar-refractivity contribution in [2.24, 2.45) is 22.7 Å². The van der Waals surface area contributed by atoms with Gasteiger partial charge in [0, 0.05) is 5.41 Å². The molecule has 2 aliphatic carbocycles. The molecule has 2 aliphatic rings. The van der Waals surface area contributed by atoms with E-state index in [1.807, 2.05) is 20.8 Å². The van der Waals surface area contributed by atoms with Crippen LogP contribution in [0.1, 0.15) is 41.0 Å². The Morgan fingerprint density at radius 2 is 1.93 bits per heavy atom. The predicted octanol–water partition coefficient (Wildman–Crippen LogP) is 2.35. The summed E-state index contributed by atoms with van der Waals surface area (Å²) in [5.74, 6) is -1.69. The Balaban J connectivity index is 0.00000112. The van der Waals surface area contributed by atoms with Crippen LogP contribution in [0.4, 0.5) is 0 Å². The van der Waals surface area contributed by atoms with Crippen molar-refractivity contribution in [3.05, 3.63) is 0 Å². The van der Waals surface area contributed by atoms with E-state index in [0.29, 0.717) is 0 Å². The third kappa shape index (κ3) is 1.12. The van der Waals surface area contributed by atoms with Gasteiger partial charge in [-0.25, -0.2) is 0 Å². The van der Waals surface area contributed by atoms with Crippen molar-refractivity contribution >= 4 is 11.8 Å². The molecule has 0 spiro atoms. The Hall–Kier alpha value is -0.860. The summed E-state index contributed by atoms with van der Waals surface area (Å²) in [6.07, 6.45) is 1.74. The van der Waals surface area contributed by atoms with E-state index in [0.717, 1.165) is 12.8 Å². The maximum Gasteiger partial charge on any atom is 0.314 e. The van der Waals surface area contributed by atoms with Crippen LogP contribution in [0.5, 0.6) is 0 Å². The number of carbonyl (C=O) groups excluding carboxylic acids is 1. The van der Waals surface area contributed by atoms with Crippen molar-refractivity contribution in [1.82, 2.24) is 0 Å². The van der Waals surface area contributed by atoms with Gasteiger partial charge in [0.1, 0.15) is 5.92 Å². The molecule has 0 radical (unpaired) electrons. The first-order valence-corrected chi connectivity index (χ1v) is 5.09. The van der Waals surface area contributed by atoms with Crippen LogP contribution in [0.3, 0.4) is 0 Å².